The van der Waals surface area contributed by atoms with E-state index >= 15 is 0 Å². The zero-order valence-electron chi connectivity index (χ0n) is 13.0. The van der Waals surface area contributed by atoms with Crippen molar-refractivity contribution >= 4 is 0 Å². The summed E-state index contributed by atoms with van der Waals surface area (Å²) in [6.45, 7) is 9.77. The number of quaternary nitrogens is 1. The van der Waals surface area contributed by atoms with Gasteiger partial charge in [0.25, 0.3) is 0 Å². The number of hydrogen-bond acceptors (Lipinski definition) is 1. The first-order valence-corrected chi connectivity index (χ1v) is 7.42. The minimum atomic E-state index is -0.543. The second-order valence-electron chi connectivity index (χ2n) is 6.77. The topological polar surface area (TPSA) is 24.7 Å². The average Bonchev–Trinajstić information content (AvgIpc) is 2.31. The van der Waals surface area contributed by atoms with E-state index in [9.17, 15) is 5.11 Å². The van der Waals surface area contributed by atoms with E-state index in [2.05, 4.69) is 52.9 Å². The Labute approximate surface area is 117 Å². The highest BCUT2D eigenvalue weighted by Crippen LogP contribution is 2.30. The average molecular weight is 262 g/mol. The largest absolute Gasteiger partial charge is 0.389 e. The first-order valence-electron chi connectivity index (χ1n) is 7.42. The normalized spacial score (nSPS) is 35.4. The molecule has 2 heteroatoms. The van der Waals surface area contributed by atoms with Gasteiger partial charge in [-0.3, -0.25) is 0 Å². The standard InChI is InChI=1S/C17H27NO/c1-12-6-7-16(13(2)8-12)10-17(19)9-15(4)18(5)11-14(17)3/h6-8,14-15,19H,9-11H2,1-5H3/p+1/t14-,15-,17-/m1/s1. The van der Waals surface area contributed by atoms with Crippen LogP contribution in [0.2, 0.25) is 0 Å². The third-order valence-corrected chi connectivity index (χ3v) is 5.04. The van der Waals surface area contributed by atoms with Crippen LogP contribution in [0.5, 0.6) is 0 Å². The number of aliphatic hydroxyl groups is 1. The molecule has 1 saturated heterocycles. The van der Waals surface area contributed by atoms with Gasteiger partial charge in [0.2, 0.25) is 0 Å². The van der Waals surface area contributed by atoms with Crippen LogP contribution < -0.4 is 4.90 Å². The Kier molecular flexibility index (Phi) is 4.03. The Hall–Kier alpha value is -0.860. The maximum atomic E-state index is 11.1. The Bertz CT molecular complexity index is 457. The molecule has 1 aromatic carbocycles. The molecule has 2 nitrogen and oxygen atoms in total. The van der Waals surface area contributed by atoms with E-state index in [1.165, 1.54) is 21.6 Å². The summed E-state index contributed by atoms with van der Waals surface area (Å²) in [5.74, 6) is 0.351. The SMILES string of the molecule is Cc1ccc(C[C@]2(O)C[C@@H](C)[NH+](C)C[C@H]2C)c(C)c1. The number of benzene rings is 1. The minimum absolute atomic E-state index is 0.351. The van der Waals surface area contributed by atoms with E-state index in [-0.39, 0.29) is 0 Å². The smallest absolute Gasteiger partial charge is 0.0872 e. The van der Waals surface area contributed by atoms with Crippen molar-refractivity contribution in [2.75, 3.05) is 13.6 Å². The summed E-state index contributed by atoms with van der Waals surface area (Å²) in [6.07, 6.45) is 1.69. The third kappa shape index (κ3) is 3.01. The Morgan fingerprint density at radius 3 is 2.63 bits per heavy atom. The second-order valence-corrected chi connectivity index (χ2v) is 6.77. The quantitative estimate of drug-likeness (QED) is 0.830. The van der Waals surface area contributed by atoms with Crippen molar-refractivity contribution in [3.8, 4) is 0 Å². The van der Waals surface area contributed by atoms with E-state index < -0.39 is 5.60 Å². The molecule has 0 amide bonds. The van der Waals surface area contributed by atoms with Crippen LogP contribution in [0.25, 0.3) is 0 Å². The molecule has 0 bridgehead atoms. The molecule has 0 aromatic heterocycles. The van der Waals surface area contributed by atoms with E-state index in [0.29, 0.717) is 12.0 Å². The molecule has 1 aliphatic heterocycles. The number of nitrogens with one attached hydrogen (secondary N) is 1. The molecule has 4 atom stereocenters. The summed E-state index contributed by atoms with van der Waals surface area (Å²) in [5.41, 5.74) is 3.35. The molecule has 0 saturated carbocycles. The van der Waals surface area contributed by atoms with Gasteiger partial charge < -0.3 is 10.0 Å². The molecule has 2 N–H and O–H groups in total. The van der Waals surface area contributed by atoms with Crippen LogP contribution in [0.4, 0.5) is 0 Å². The molecule has 19 heavy (non-hydrogen) atoms. The number of aryl methyl sites for hydroxylation is 2. The molecule has 1 aromatic rings. The van der Waals surface area contributed by atoms with E-state index in [0.717, 1.165) is 19.4 Å². The van der Waals surface area contributed by atoms with Gasteiger partial charge in [-0.05, 0) is 31.9 Å². The summed E-state index contributed by atoms with van der Waals surface area (Å²) in [6, 6.07) is 7.09. The Morgan fingerprint density at radius 1 is 1.32 bits per heavy atom. The zero-order valence-corrected chi connectivity index (χ0v) is 13.0. The lowest BCUT2D eigenvalue weighted by Crippen LogP contribution is -3.15. The van der Waals surface area contributed by atoms with Crippen molar-refractivity contribution in [1.29, 1.82) is 0 Å². The molecule has 1 heterocycles. The van der Waals surface area contributed by atoms with Crippen LogP contribution in [-0.4, -0.2) is 30.3 Å². The van der Waals surface area contributed by atoms with Crippen molar-refractivity contribution in [3.63, 3.8) is 0 Å². The van der Waals surface area contributed by atoms with Crippen LogP contribution in [0, 0.1) is 19.8 Å². The Morgan fingerprint density at radius 2 is 2.00 bits per heavy atom. The lowest BCUT2D eigenvalue weighted by atomic mass is 9.75. The highest BCUT2D eigenvalue weighted by atomic mass is 16.3. The number of hydrogen-bond donors (Lipinski definition) is 2. The summed E-state index contributed by atoms with van der Waals surface area (Å²) < 4.78 is 0. The van der Waals surface area contributed by atoms with Gasteiger partial charge in [-0.1, -0.05) is 30.7 Å². The van der Waals surface area contributed by atoms with Crippen LogP contribution in [0.1, 0.15) is 37.0 Å². The Balaban J connectivity index is 2.20. The predicted molar refractivity (Wildman–Crippen MR) is 79.6 cm³/mol. The fourth-order valence-corrected chi connectivity index (χ4v) is 3.40. The lowest BCUT2D eigenvalue weighted by Gasteiger charge is -2.43. The molecule has 1 aliphatic rings. The van der Waals surface area contributed by atoms with Gasteiger partial charge in [0.05, 0.1) is 25.2 Å². The summed E-state index contributed by atoms with van der Waals surface area (Å²) in [4.78, 5) is 1.54. The number of likely N-dealkylation sites (tertiary alicyclic amines) is 1. The van der Waals surface area contributed by atoms with Crippen LogP contribution in [0.15, 0.2) is 18.2 Å². The monoisotopic (exact) mass is 262 g/mol. The minimum Gasteiger partial charge on any atom is -0.389 e. The van der Waals surface area contributed by atoms with Gasteiger partial charge in [-0.25, -0.2) is 0 Å². The summed E-state index contributed by atoms with van der Waals surface area (Å²) in [5, 5.41) is 11.1. The molecule has 0 spiro atoms. The molecular formula is C17H28NO+. The van der Waals surface area contributed by atoms with Gasteiger partial charge in [0.15, 0.2) is 0 Å². The van der Waals surface area contributed by atoms with Crippen LogP contribution >= 0.6 is 0 Å². The highest BCUT2D eigenvalue weighted by Gasteiger charge is 2.43. The number of rotatable bonds is 2. The third-order valence-electron chi connectivity index (χ3n) is 5.04. The maximum Gasteiger partial charge on any atom is 0.0872 e. The van der Waals surface area contributed by atoms with Gasteiger partial charge in [0, 0.05) is 18.8 Å². The second kappa shape index (κ2) is 5.26. The van der Waals surface area contributed by atoms with Crippen LogP contribution in [0.3, 0.4) is 0 Å². The van der Waals surface area contributed by atoms with Crippen molar-refractivity contribution < 1.29 is 10.0 Å². The van der Waals surface area contributed by atoms with Crippen molar-refractivity contribution in [3.05, 3.63) is 34.9 Å². The van der Waals surface area contributed by atoms with Gasteiger partial charge >= 0.3 is 0 Å². The first kappa shape index (κ1) is 14.5. The fourth-order valence-electron chi connectivity index (χ4n) is 3.40. The van der Waals surface area contributed by atoms with Crippen molar-refractivity contribution in [2.24, 2.45) is 5.92 Å². The molecule has 1 unspecified atom stereocenters. The van der Waals surface area contributed by atoms with E-state index in [1.807, 2.05) is 0 Å². The summed E-state index contributed by atoms with van der Waals surface area (Å²) >= 11 is 0. The van der Waals surface area contributed by atoms with Crippen LogP contribution in [-0.2, 0) is 6.42 Å². The van der Waals surface area contributed by atoms with E-state index in [4.69, 9.17) is 0 Å². The molecular weight excluding hydrogens is 234 g/mol. The van der Waals surface area contributed by atoms with Gasteiger partial charge in [0.1, 0.15) is 0 Å². The number of piperidine rings is 1. The molecule has 106 valence electrons. The van der Waals surface area contributed by atoms with Crippen molar-refractivity contribution in [2.45, 2.75) is 52.2 Å². The molecule has 1 fully saturated rings. The molecule has 0 radical (unpaired) electrons. The van der Waals surface area contributed by atoms with E-state index in [1.54, 1.807) is 0 Å². The molecule has 2 rings (SSSR count). The lowest BCUT2D eigenvalue weighted by molar-refractivity contribution is -0.916. The zero-order chi connectivity index (χ0) is 14.2. The molecule has 0 aliphatic carbocycles. The summed E-state index contributed by atoms with van der Waals surface area (Å²) in [7, 11) is 2.23. The van der Waals surface area contributed by atoms with Crippen molar-refractivity contribution in [1.82, 2.24) is 0 Å². The fraction of sp³-hybridized carbons (Fsp3) is 0.647. The highest BCUT2D eigenvalue weighted by molar-refractivity contribution is 5.31. The maximum absolute atomic E-state index is 11.1. The predicted octanol–water partition coefficient (Wildman–Crippen LogP) is 1.52. The van der Waals surface area contributed by atoms with Gasteiger partial charge in [-0.15, -0.1) is 0 Å². The van der Waals surface area contributed by atoms with Gasteiger partial charge in [-0.2, -0.15) is 0 Å². The first-order chi connectivity index (χ1) is 8.82.